The summed E-state index contributed by atoms with van der Waals surface area (Å²) in [6.07, 6.45) is -2.80. The molecule has 4 nitrogen and oxygen atoms in total. The molecule has 1 aliphatic rings. The Labute approximate surface area is 139 Å². The number of hydrogen-bond acceptors (Lipinski definition) is 3. The first-order valence-corrected chi connectivity index (χ1v) is 8.08. The number of hydrogen-bond donors (Lipinski definition) is 2. The number of nitrogens with one attached hydrogen (secondary N) is 1. The molecule has 2 atom stereocenters. The van der Waals surface area contributed by atoms with Gasteiger partial charge in [-0.25, -0.2) is 0 Å². The number of nitrogens with zero attached hydrogens (tertiary/aromatic N) is 1. The lowest BCUT2D eigenvalue weighted by molar-refractivity contribution is -0.268. The van der Waals surface area contributed by atoms with Gasteiger partial charge in [0.1, 0.15) is 0 Å². The number of likely N-dealkylation sites (tertiary alicyclic amines) is 1. The predicted molar refractivity (Wildman–Crippen MR) is 84.3 cm³/mol. The lowest BCUT2D eigenvalue weighted by atomic mass is 9.89. The molecule has 0 aromatic heterocycles. The molecule has 0 unspecified atom stereocenters. The van der Waals surface area contributed by atoms with Crippen molar-refractivity contribution in [2.45, 2.75) is 43.5 Å². The van der Waals surface area contributed by atoms with Crippen LogP contribution in [0.15, 0.2) is 30.3 Å². The predicted octanol–water partition coefficient (Wildman–Crippen LogP) is 2.43. The Kier molecular flexibility index (Phi) is 5.87. The summed E-state index contributed by atoms with van der Waals surface area (Å²) in [6.45, 7) is 0.558. The molecule has 1 heterocycles. The van der Waals surface area contributed by atoms with E-state index < -0.39 is 18.2 Å². The Balaban J connectivity index is 2.00. The van der Waals surface area contributed by atoms with E-state index in [-0.39, 0.29) is 24.1 Å². The highest BCUT2D eigenvalue weighted by Crippen LogP contribution is 2.41. The largest absolute Gasteiger partial charge is 0.421 e. The van der Waals surface area contributed by atoms with Crippen LogP contribution in [0, 0.1) is 0 Å². The molecule has 0 aliphatic carbocycles. The van der Waals surface area contributed by atoms with Gasteiger partial charge in [0, 0.05) is 13.0 Å². The molecule has 1 saturated heterocycles. The summed E-state index contributed by atoms with van der Waals surface area (Å²) in [5.41, 5.74) is -3.19. The van der Waals surface area contributed by atoms with E-state index in [1.165, 1.54) is 24.3 Å². The van der Waals surface area contributed by atoms with Gasteiger partial charge in [0.25, 0.3) is 0 Å². The van der Waals surface area contributed by atoms with Crippen LogP contribution in [0.2, 0.25) is 0 Å². The molecule has 24 heavy (non-hydrogen) atoms. The quantitative estimate of drug-likeness (QED) is 0.863. The van der Waals surface area contributed by atoms with Gasteiger partial charge in [-0.1, -0.05) is 36.8 Å². The number of carbonyl (C=O) groups excluding carboxylic acids is 1. The molecule has 2 N–H and O–H groups in total. The van der Waals surface area contributed by atoms with Crippen LogP contribution in [-0.4, -0.2) is 48.3 Å². The fourth-order valence-corrected chi connectivity index (χ4v) is 3.05. The number of carbonyl (C=O) groups is 1. The van der Waals surface area contributed by atoms with Gasteiger partial charge in [0.05, 0.1) is 6.04 Å². The molecule has 0 spiro atoms. The zero-order valence-corrected chi connectivity index (χ0v) is 13.6. The molecule has 134 valence electrons. The van der Waals surface area contributed by atoms with Gasteiger partial charge in [-0.2, -0.15) is 13.2 Å². The van der Waals surface area contributed by atoms with Gasteiger partial charge in [-0.15, -0.1) is 0 Å². The summed E-state index contributed by atoms with van der Waals surface area (Å²) in [5.74, 6) is -0.283. The van der Waals surface area contributed by atoms with Crippen LogP contribution in [0.4, 0.5) is 13.2 Å². The number of benzene rings is 1. The molecule has 1 aromatic carbocycles. The van der Waals surface area contributed by atoms with E-state index in [1.807, 2.05) is 11.9 Å². The first-order chi connectivity index (χ1) is 11.3. The molecule has 1 aromatic rings. The van der Waals surface area contributed by atoms with Crippen molar-refractivity contribution in [1.29, 1.82) is 0 Å². The van der Waals surface area contributed by atoms with Crippen LogP contribution >= 0.6 is 0 Å². The first kappa shape index (κ1) is 18.7. The van der Waals surface area contributed by atoms with E-state index in [9.17, 15) is 23.1 Å². The number of likely N-dealkylation sites (N-methyl/N-ethyl adjacent to an activating group) is 1. The summed E-state index contributed by atoms with van der Waals surface area (Å²) < 4.78 is 40.1. The minimum Gasteiger partial charge on any atom is -0.376 e. The second-order valence-electron chi connectivity index (χ2n) is 6.26. The van der Waals surface area contributed by atoms with E-state index in [4.69, 9.17) is 0 Å². The highest BCUT2D eigenvalue weighted by molar-refractivity contribution is 5.81. The number of alkyl halides is 3. The molecule has 1 fully saturated rings. The van der Waals surface area contributed by atoms with Crippen LogP contribution in [-0.2, 0) is 10.4 Å². The van der Waals surface area contributed by atoms with E-state index in [1.54, 1.807) is 6.07 Å². The minimum atomic E-state index is -4.82. The lowest BCUT2D eigenvalue weighted by Crippen LogP contribution is -2.49. The third kappa shape index (κ3) is 4.08. The average molecular weight is 344 g/mol. The fourth-order valence-electron chi connectivity index (χ4n) is 3.05. The summed E-state index contributed by atoms with van der Waals surface area (Å²) >= 11 is 0. The Bertz CT molecular complexity index is 551. The van der Waals surface area contributed by atoms with Gasteiger partial charge in [-0.05, 0) is 32.0 Å². The van der Waals surface area contributed by atoms with Crippen LogP contribution < -0.4 is 5.32 Å². The molecule has 0 bridgehead atoms. The molecule has 0 saturated carbocycles. The SMILES string of the molecule is CN1CCCC[C@H]1C(=O)NCC[C@](O)(c1ccccc1)C(F)(F)F. The van der Waals surface area contributed by atoms with Crippen molar-refractivity contribution in [3.63, 3.8) is 0 Å². The Morgan fingerprint density at radius 2 is 1.96 bits per heavy atom. The number of amides is 1. The summed E-state index contributed by atoms with van der Waals surface area (Å²) in [5, 5.41) is 12.7. The zero-order valence-electron chi connectivity index (χ0n) is 13.6. The van der Waals surface area contributed by atoms with Crippen molar-refractivity contribution in [2.24, 2.45) is 0 Å². The minimum absolute atomic E-state index is 0.221. The second kappa shape index (κ2) is 7.53. The van der Waals surface area contributed by atoms with Crippen LogP contribution in [0.3, 0.4) is 0 Å². The molecule has 2 rings (SSSR count). The Morgan fingerprint density at radius 3 is 2.54 bits per heavy atom. The van der Waals surface area contributed by atoms with Crippen molar-refractivity contribution in [3.8, 4) is 0 Å². The van der Waals surface area contributed by atoms with Crippen LogP contribution in [0.25, 0.3) is 0 Å². The third-order valence-corrected chi connectivity index (χ3v) is 4.58. The molecule has 0 radical (unpaired) electrons. The van der Waals surface area contributed by atoms with E-state index in [0.717, 1.165) is 19.4 Å². The van der Waals surface area contributed by atoms with Crippen molar-refractivity contribution in [2.75, 3.05) is 20.1 Å². The number of aliphatic hydroxyl groups is 1. The molecule has 7 heteroatoms. The van der Waals surface area contributed by atoms with Gasteiger partial charge < -0.3 is 10.4 Å². The van der Waals surface area contributed by atoms with E-state index >= 15 is 0 Å². The van der Waals surface area contributed by atoms with Crippen molar-refractivity contribution >= 4 is 5.91 Å². The van der Waals surface area contributed by atoms with E-state index in [0.29, 0.717) is 6.42 Å². The first-order valence-electron chi connectivity index (χ1n) is 8.08. The number of halogens is 3. The topological polar surface area (TPSA) is 52.6 Å². The second-order valence-corrected chi connectivity index (χ2v) is 6.26. The third-order valence-electron chi connectivity index (χ3n) is 4.58. The maximum absolute atomic E-state index is 13.4. The van der Waals surface area contributed by atoms with Crippen molar-refractivity contribution < 1.29 is 23.1 Å². The van der Waals surface area contributed by atoms with Gasteiger partial charge >= 0.3 is 6.18 Å². The lowest BCUT2D eigenvalue weighted by Gasteiger charge is -2.33. The van der Waals surface area contributed by atoms with Crippen molar-refractivity contribution in [3.05, 3.63) is 35.9 Å². The Hall–Kier alpha value is -1.60. The zero-order chi connectivity index (χ0) is 17.8. The number of rotatable bonds is 5. The summed E-state index contributed by atoms with van der Waals surface area (Å²) in [4.78, 5) is 14.1. The maximum Gasteiger partial charge on any atom is 0.421 e. The molecular weight excluding hydrogens is 321 g/mol. The highest BCUT2D eigenvalue weighted by Gasteiger charge is 2.54. The maximum atomic E-state index is 13.4. The van der Waals surface area contributed by atoms with Crippen LogP contribution in [0.1, 0.15) is 31.2 Å². The van der Waals surface area contributed by atoms with Gasteiger partial charge in [0.2, 0.25) is 5.91 Å². The van der Waals surface area contributed by atoms with Gasteiger partial charge in [-0.3, -0.25) is 9.69 Å². The average Bonchev–Trinajstić information content (AvgIpc) is 2.54. The summed E-state index contributed by atoms with van der Waals surface area (Å²) in [7, 11) is 1.83. The Morgan fingerprint density at radius 1 is 1.29 bits per heavy atom. The standard InChI is InChI=1S/C17H23F3N2O2/c1-22-12-6-5-9-14(22)15(23)21-11-10-16(24,17(18,19)20)13-7-3-2-4-8-13/h2-4,7-8,14,24H,5-6,9-12H2,1H3,(H,21,23)/t14-,16-/m0/s1. The molecule has 1 aliphatic heterocycles. The monoisotopic (exact) mass is 344 g/mol. The molecule has 1 amide bonds. The number of piperidine rings is 1. The van der Waals surface area contributed by atoms with Crippen LogP contribution in [0.5, 0.6) is 0 Å². The smallest absolute Gasteiger partial charge is 0.376 e. The van der Waals surface area contributed by atoms with E-state index in [2.05, 4.69) is 5.32 Å². The van der Waals surface area contributed by atoms with Gasteiger partial charge in [0.15, 0.2) is 5.60 Å². The molecular formula is C17H23F3N2O2. The summed E-state index contributed by atoms with van der Waals surface area (Å²) in [6, 6.07) is 6.65. The highest BCUT2D eigenvalue weighted by atomic mass is 19.4. The van der Waals surface area contributed by atoms with Crippen molar-refractivity contribution in [1.82, 2.24) is 10.2 Å². The normalized spacial score (nSPS) is 22.0. The fraction of sp³-hybridized carbons (Fsp3) is 0.588.